The van der Waals surface area contributed by atoms with Crippen LogP contribution in [0, 0.1) is 13.8 Å². The predicted molar refractivity (Wildman–Crippen MR) is 126 cm³/mol. The highest BCUT2D eigenvalue weighted by molar-refractivity contribution is 7.92. The van der Waals surface area contributed by atoms with E-state index in [1.807, 2.05) is 37.3 Å². The van der Waals surface area contributed by atoms with E-state index in [0.717, 1.165) is 11.1 Å². The van der Waals surface area contributed by atoms with Gasteiger partial charge in [-0.1, -0.05) is 59.4 Å². The molecule has 162 valence electrons. The van der Waals surface area contributed by atoms with Crippen molar-refractivity contribution in [3.8, 4) is 10.6 Å². The molecule has 0 bridgehead atoms. The molecule has 0 saturated carbocycles. The number of sulfonamides is 1. The van der Waals surface area contributed by atoms with Crippen LogP contribution in [0.2, 0.25) is 0 Å². The average Bonchev–Trinajstić information content (AvgIpc) is 3.24. The van der Waals surface area contributed by atoms with E-state index in [1.165, 1.54) is 11.3 Å². The number of nitrogens with one attached hydrogen (secondary N) is 2. The molecule has 0 radical (unpaired) electrons. The van der Waals surface area contributed by atoms with Crippen molar-refractivity contribution < 1.29 is 13.2 Å². The number of rotatable bonds is 6. The molecular formula is C23H20N4O3S2. The first kappa shape index (κ1) is 21.7. The van der Waals surface area contributed by atoms with Crippen molar-refractivity contribution in [2.75, 3.05) is 10.0 Å². The Labute approximate surface area is 190 Å². The normalized spacial score (nSPS) is 11.2. The van der Waals surface area contributed by atoms with Gasteiger partial charge in [0.25, 0.3) is 15.9 Å². The number of hydrogen-bond acceptors (Lipinski definition) is 6. The monoisotopic (exact) mass is 464 g/mol. The van der Waals surface area contributed by atoms with E-state index in [2.05, 4.69) is 20.2 Å². The van der Waals surface area contributed by atoms with Crippen molar-refractivity contribution in [3.63, 3.8) is 0 Å². The molecule has 0 aliphatic heterocycles. The van der Waals surface area contributed by atoms with E-state index >= 15 is 0 Å². The van der Waals surface area contributed by atoms with Gasteiger partial charge in [-0.3, -0.25) is 14.8 Å². The number of anilines is 2. The van der Waals surface area contributed by atoms with E-state index in [9.17, 15) is 13.2 Å². The molecule has 0 saturated heterocycles. The minimum Gasteiger partial charge on any atom is -0.296 e. The third-order valence-corrected chi connectivity index (χ3v) is 7.00. The lowest BCUT2D eigenvalue weighted by Crippen LogP contribution is -2.15. The quantitative estimate of drug-likeness (QED) is 0.424. The summed E-state index contributed by atoms with van der Waals surface area (Å²) < 4.78 is 27.9. The largest absolute Gasteiger partial charge is 0.296 e. The minimum atomic E-state index is -3.73. The zero-order chi connectivity index (χ0) is 22.7. The van der Waals surface area contributed by atoms with Crippen molar-refractivity contribution in [2.24, 2.45) is 0 Å². The molecule has 3 aromatic carbocycles. The molecule has 2 N–H and O–H groups in total. The molecule has 4 aromatic rings. The second-order valence-corrected chi connectivity index (χ2v) is 9.84. The second kappa shape index (κ2) is 8.89. The van der Waals surface area contributed by atoms with Gasteiger partial charge >= 0.3 is 0 Å². The van der Waals surface area contributed by atoms with Crippen molar-refractivity contribution >= 4 is 38.1 Å². The van der Waals surface area contributed by atoms with Crippen LogP contribution in [0.5, 0.6) is 0 Å². The number of nitrogens with zero attached hydrogens (tertiary/aromatic N) is 2. The summed E-state index contributed by atoms with van der Waals surface area (Å²) in [5.41, 5.74) is 3.31. The highest BCUT2D eigenvalue weighted by atomic mass is 32.2. The summed E-state index contributed by atoms with van der Waals surface area (Å²) in [5, 5.41) is 12.0. The van der Waals surface area contributed by atoms with E-state index in [-0.39, 0.29) is 10.8 Å². The van der Waals surface area contributed by atoms with Crippen molar-refractivity contribution in [3.05, 3.63) is 89.5 Å². The summed E-state index contributed by atoms with van der Waals surface area (Å²) >= 11 is 1.28. The molecule has 0 aliphatic rings. The molecule has 0 unspecified atom stereocenters. The fourth-order valence-corrected chi connectivity index (χ4v) is 4.86. The van der Waals surface area contributed by atoms with Gasteiger partial charge in [-0.05, 0) is 49.7 Å². The summed E-state index contributed by atoms with van der Waals surface area (Å²) in [6, 6.07) is 20.9. The van der Waals surface area contributed by atoms with Crippen LogP contribution in [0.3, 0.4) is 0 Å². The highest BCUT2D eigenvalue weighted by Gasteiger charge is 2.17. The smallest absolute Gasteiger partial charge is 0.261 e. The number of aromatic nitrogens is 2. The van der Waals surface area contributed by atoms with Gasteiger partial charge in [-0.2, -0.15) is 0 Å². The molecule has 9 heteroatoms. The fourth-order valence-electron chi connectivity index (χ4n) is 2.98. The summed E-state index contributed by atoms with van der Waals surface area (Å²) in [7, 11) is -3.73. The Balaban J connectivity index is 1.48. The predicted octanol–water partition coefficient (Wildman–Crippen LogP) is 4.88. The molecular weight excluding hydrogens is 444 g/mol. The van der Waals surface area contributed by atoms with Gasteiger partial charge in [-0.25, -0.2) is 8.42 Å². The van der Waals surface area contributed by atoms with Crippen LogP contribution >= 0.6 is 11.3 Å². The van der Waals surface area contributed by atoms with Gasteiger partial charge in [0.2, 0.25) is 5.13 Å². The van der Waals surface area contributed by atoms with Crippen LogP contribution in [-0.4, -0.2) is 24.5 Å². The molecule has 1 heterocycles. The van der Waals surface area contributed by atoms with E-state index < -0.39 is 10.0 Å². The van der Waals surface area contributed by atoms with Gasteiger partial charge in [0, 0.05) is 11.1 Å². The molecule has 0 atom stereocenters. The van der Waals surface area contributed by atoms with Crippen LogP contribution < -0.4 is 10.0 Å². The van der Waals surface area contributed by atoms with Crippen molar-refractivity contribution in [1.29, 1.82) is 0 Å². The third kappa shape index (κ3) is 4.84. The maximum Gasteiger partial charge on any atom is 0.261 e. The third-order valence-electron chi connectivity index (χ3n) is 4.73. The van der Waals surface area contributed by atoms with E-state index in [4.69, 9.17) is 0 Å². The average molecular weight is 465 g/mol. The Bertz CT molecular complexity index is 1370. The lowest BCUT2D eigenvalue weighted by molar-refractivity contribution is 0.102. The first-order chi connectivity index (χ1) is 15.3. The number of amides is 1. The standard InChI is InChI=1S/C23H20N4O3S2/c1-15-8-11-19(12-9-15)32(29,30)27-20-13-10-18(14-16(20)2)21(28)24-23-26-25-22(31-23)17-6-4-3-5-7-17/h3-14,27H,1-2H3,(H,24,26,28). The molecule has 1 amide bonds. The molecule has 0 aliphatic carbocycles. The van der Waals surface area contributed by atoms with Gasteiger partial charge in [0.1, 0.15) is 5.01 Å². The van der Waals surface area contributed by atoms with Crippen LogP contribution in [0.25, 0.3) is 10.6 Å². The summed E-state index contributed by atoms with van der Waals surface area (Å²) in [6.45, 7) is 3.63. The van der Waals surface area contributed by atoms with E-state index in [0.29, 0.717) is 27.0 Å². The fraction of sp³-hybridized carbons (Fsp3) is 0.0870. The minimum absolute atomic E-state index is 0.176. The Morgan fingerprint density at radius 1 is 0.906 bits per heavy atom. The second-order valence-electron chi connectivity index (χ2n) is 7.18. The summed E-state index contributed by atoms with van der Waals surface area (Å²) in [6.07, 6.45) is 0. The summed E-state index contributed by atoms with van der Waals surface area (Å²) in [4.78, 5) is 12.8. The Kier molecular flexibility index (Phi) is 6.02. The Morgan fingerprint density at radius 2 is 1.62 bits per heavy atom. The van der Waals surface area contributed by atoms with Gasteiger partial charge in [0.15, 0.2) is 0 Å². The number of aryl methyl sites for hydroxylation is 2. The molecule has 7 nitrogen and oxygen atoms in total. The van der Waals surface area contributed by atoms with E-state index in [1.54, 1.807) is 49.4 Å². The first-order valence-electron chi connectivity index (χ1n) is 9.72. The van der Waals surface area contributed by atoms with Crippen molar-refractivity contribution in [2.45, 2.75) is 18.7 Å². The van der Waals surface area contributed by atoms with Gasteiger partial charge in [0.05, 0.1) is 10.6 Å². The number of carbonyl (C=O) groups is 1. The highest BCUT2D eigenvalue weighted by Crippen LogP contribution is 2.27. The van der Waals surface area contributed by atoms with Crippen LogP contribution in [0.1, 0.15) is 21.5 Å². The van der Waals surface area contributed by atoms with Crippen LogP contribution in [0.4, 0.5) is 10.8 Å². The van der Waals surface area contributed by atoms with Crippen LogP contribution in [-0.2, 0) is 10.0 Å². The lowest BCUT2D eigenvalue weighted by atomic mass is 10.1. The Hall–Kier alpha value is -3.56. The molecule has 4 rings (SSSR count). The number of hydrogen-bond donors (Lipinski definition) is 2. The van der Waals surface area contributed by atoms with Crippen molar-refractivity contribution in [1.82, 2.24) is 10.2 Å². The molecule has 0 fully saturated rings. The van der Waals surface area contributed by atoms with Gasteiger partial charge < -0.3 is 0 Å². The lowest BCUT2D eigenvalue weighted by Gasteiger charge is -2.12. The zero-order valence-corrected chi connectivity index (χ0v) is 19.0. The summed E-state index contributed by atoms with van der Waals surface area (Å²) in [5.74, 6) is -0.350. The SMILES string of the molecule is Cc1ccc(S(=O)(=O)Nc2ccc(C(=O)Nc3nnc(-c4ccccc4)s3)cc2C)cc1. The maximum absolute atomic E-state index is 12.7. The van der Waals surface area contributed by atoms with Gasteiger partial charge in [-0.15, -0.1) is 10.2 Å². The number of benzene rings is 3. The molecule has 1 aromatic heterocycles. The first-order valence-corrected chi connectivity index (χ1v) is 12.0. The number of carbonyl (C=O) groups excluding carboxylic acids is 1. The molecule has 0 spiro atoms. The topological polar surface area (TPSA) is 101 Å². The maximum atomic E-state index is 12.7. The zero-order valence-electron chi connectivity index (χ0n) is 17.4. The molecule has 32 heavy (non-hydrogen) atoms. The Morgan fingerprint density at radius 3 is 2.31 bits per heavy atom. The van der Waals surface area contributed by atoms with Crippen LogP contribution in [0.15, 0.2) is 77.7 Å².